The largest absolute Gasteiger partial charge is 0.456 e. The van der Waals surface area contributed by atoms with Crippen LogP contribution in [0, 0.1) is 6.85 Å². The standard InChI is InChI=1S/C121H91BN2O2S2/c1-72-58-78(73-32-14-11-15-33-73)60-79(59-72)76-55-57-100-99(64-76)122-98-56-54-77(82-62-80(74-34-16-12-17-35-74)61-81(63-82)75-36-18-13-19-37-75)65-101(98)124(118-94(86-42-28-48-106-112(86)90-38-20-24-46-104(90)125-106)66-83(119(2,3)4)67-95(118)87-43-29-49-107-113(87)91-39-21-25-47-105(91)126-107)103-71-85(121(8,9)10)70-102(116(103)122)123(100)117-96(88-44-30-52-110-114(88)92-40-22-26-50-108(92)127-110)68-84(120(5,6)7)69-97(117)89-45-31-53-111-115(89)93-41-23-27-51-109(93)128-111/h11-71H,1-10H3/i1D3. The molecule has 612 valence electrons. The predicted octanol–water partition coefficient (Wildman–Crippen LogP) is 33.5. The summed E-state index contributed by atoms with van der Waals surface area (Å²) in [6, 6.07) is 137. The number of para-hydroxylation sites is 2. The molecule has 0 N–H and O–H groups in total. The number of hydrogen-bond donors (Lipinski definition) is 0. The van der Waals surface area contributed by atoms with E-state index < -0.39 is 24.4 Å². The van der Waals surface area contributed by atoms with Gasteiger partial charge in [0.2, 0.25) is 0 Å². The third-order valence-electron chi connectivity index (χ3n) is 27.0. The number of hydrogen-bond acceptors (Lipinski definition) is 6. The maximum Gasteiger partial charge on any atom is 0.252 e. The van der Waals surface area contributed by atoms with E-state index in [1.807, 2.05) is 53.0 Å². The molecule has 7 heteroatoms. The summed E-state index contributed by atoms with van der Waals surface area (Å²) in [5, 5.41) is 8.96. The molecule has 0 spiro atoms. The quantitative estimate of drug-likeness (QED) is 0.121. The van der Waals surface area contributed by atoms with Crippen molar-refractivity contribution in [2.24, 2.45) is 0 Å². The second kappa shape index (κ2) is 29.4. The molecule has 0 bridgehead atoms. The first-order valence-corrected chi connectivity index (χ1v) is 46.1. The number of anilines is 6. The van der Waals surface area contributed by atoms with Crippen molar-refractivity contribution in [2.45, 2.75) is 85.4 Å². The van der Waals surface area contributed by atoms with E-state index in [1.54, 1.807) is 0 Å². The van der Waals surface area contributed by atoms with E-state index in [4.69, 9.17) is 8.83 Å². The van der Waals surface area contributed by atoms with Crippen LogP contribution in [0.5, 0.6) is 0 Å². The third-order valence-corrected chi connectivity index (χ3v) is 29.2. The van der Waals surface area contributed by atoms with Gasteiger partial charge in [0.15, 0.2) is 0 Å². The van der Waals surface area contributed by atoms with E-state index in [-0.39, 0.29) is 11.0 Å². The normalized spacial score (nSPS) is 13.3. The molecular formula is C121H91BN2O2S2. The molecule has 22 aromatic rings. The Balaban J connectivity index is 0.910. The van der Waals surface area contributed by atoms with Crippen molar-refractivity contribution in [2.75, 3.05) is 9.80 Å². The van der Waals surface area contributed by atoms with Gasteiger partial charge in [-0.2, -0.15) is 0 Å². The summed E-state index contributed by atoms with van der Waals surface area (Å²) in [4.78, 5) is 5.44. The molecule has 0 amide bonds. The molecule has 0 radical (unpaired) electrons. The van der Waals surface area contributed by atoms with Crippen molar-refractivity contribution in [1.29, 1.82) is 0 Å². The monoisotopic (exact) mass is 1680 g/mol. The van der Waals surface area contributed by atoms with E-state index in [1.165, 1.54) is 45.9 Å². The van der Waals surface area contributed by atoms with Crippen LogP contribution < -0.4 is 26.2 Å². The summed E-state index contributed by atoms with van der Waals surface area (Å²) in [5.74, 6) is 0. The zero-order valence-electron chi connectivity index (χ0n) is 75.8. The van der Waals surface area contributed by atoms with E-state index in [0.29, 0.717) is 0 Å². The molecule has 2 aliphatic rings. The molecule has 4 nitrogen and oxygen atoms in total. The van der Waals surface area contributed by atoms with Crippen LogP contribution in [0.2, 0.25) is 0 Å². The summed E-state index contributed by atoms with van der Waals surface area (Å²) in [7, 11) is 0. The van der Waals surface area contributed by atoms with Crippen molar-refractivity contribution in [1.82, 2.24) is 0 Å². The molecule has 128 heavy (non-hydrogen) atoms. The average Bonchev–Trinajstić information content (AvgIpc) is 0.773. The molecule has 4 aromatic heterocycles. The van der Waals surface area contributed by atoms with Gasteiger partial charge in [-0.1, -0.05) is 311 Å². The van der Waals surface area contributed by atoms with Gasteiger partial charge in [0.1, 0.15) is 22.3 Å². The summed E-state index contributed by atoms with van der Waals surface area (Å²) >= 11 is 3.71. The van der Waals surface area contributed by atoms with Gasteiger partial charge in [-0.25, -0.2) is 0 Å². The minimum atomic E-state index is -2.44. The highest BCUT2D eigenvalue weighted by atomic mass is 32.1. The first-order chi connectivity index (χ1) is 63.5. The molecule has 0 unspecified atom stereocenters. The van der Waals surface area contributed by atoms with Crippen molar-refractivity contribution in [3.63, 3.8) is 0 Å². The van der Waals surface area contributed by atoms with Gasteiger partial charge in [-0.15, -0.1) is 22.7 Å². The number of rotatable bonds is 11. The molecule has 0 saturated heterocycles. The van der Waals surface area contributed by atoms with Crippen LogP contribution in [0.25, 0.3) is 184 Å². The number of furan rings is 2. The van der Waals surface area contributed by atoms with Crippen LogP contribution in [0.3, 0.4) is 0 Å². The maximum absolute atomic E-state index is 9.30. The van der Waals surface area contributed by atoms with Gasteiger partial charge in [-0.05, 0) is 261 Å². The van der Waals surface area contributed by atoms with Crippen molar-refractivity contribution in [3.05, 3.63) is 392 Å². The summed E-state index contributed by atoms with van der Waals surface area (Å²) < 4.78 is 46.9. The Kier molecular flexibility index (Phi) is 17.0. The molecule has 6 heterocycles. The fraction of sp³-hybridized carbons (Fsp3) is 0.107. The maximum atomic E-state index is 9.30. The van der Waals surface area contributed by atoms with Crippen LogP contribution in [-0.2, 0) is 16.2 Å². The molecule has 0 atom stereocenters. The smallest absolute Gasteiger partial charge is 0.252 e. The lowest BCUT2D eigenvalue weighted by molar-refractivity contribution is 0.590. The van der Waals surface area contributed by atoms with Gasteiger partial charge < -0.3 is 18.6 Å². The third kappa shape index (κ3) is 12.6. The van der Waals surface area contributed by atoms with Crippen LogP contribution >= 0.6 is 22.7 Å². The Morgan fingerprint density at radius 3 is 1.05 bits per heavy atom. The molecule has 18 aromatic carbocycles. The summed E-state index contributed by atoms with van der Waals surface area (Å²) in [5.41, 5.74) is 33.8. The Morgan fingerprint density at radius 2 is 0.602 bits per heavy atom. The number of aryl methyl sites for hydroxylation is 1. The Labute approximate surface area is 759 Å². The lowest BCUT2D eigenvalue weighted by Gasteiger charge is -2.47. The lowest BCUT2D eigenvalue weighted by Crippen LogP contribution is -2.61. The van der Waals surface area contributed by atoms with E-state index >= 15 is 0 Å². The molecule has 0 saturated carbocycles. The first kappa shape index (κ1) is 74.0. The topological polar surface area (TPSA) is 32.8 Å². The highest BCUT2D eigenvalue weighted by molar-refractivity contribution is 7.26. The van der Waals surface area contributed by atoms with Gasteiger partial charge in [0, 0.05) is 111 Å². The van der Waals surface area contributed by atoms with Crippen molar-refractivity contribution in [3.8, 4) is 100 Å². The number of fused-ring (bicyclic) bond motifs is 16. The molecular weight excluding hydrogens is 1590 g/mol. The summed E-state index contributed by atoms with van der Waals surface area (Å²) in [6.45, 7) is 18.4. The van der Waals surface area contributed by atoms with Gasteiger partial charge in [0.05, 0.1) is 11.4 Å². The molecule has 0 fully saturated rings. The second-order valence-electron chi connectivity index (χ2n) is 38.0. The highest BCUT2D eigenvalue weighted by Gasteiger charge is 2.47. The Morgan fingerprint density at radius 1 is 0.250 bits per heavy atom. The van der Waals surface area contributed by atoms with E-state index in [2.05, 4.69) is 412 Å². The lowest BCUT2D eigenvalue weighted by atomic mass is 9.33. The van der Waals surface area contributed by atoms with Gasteiger partial charge >= 0.3 is 0 Å². The Bertz CT molecular complexity index is 8160. The molecule has 0 aliphatic carbocycles. The fourth-order valence-corrected chi connectivity index (χ4v) is 23.0. The summed E-state index contributed by atoms with van der Waals surface area (Å²) in [6.07, 6.45) is 0. The number of benzene rings is 18. The van der Waals surface area contributed by atoms with Crippen LogP contribution in [0.1, 0.15) is 88.7 Å². The SMILES string of the molecule is [2H]C([2H])([2H])c1cc(-c2ccccc2)cc(-c2ccc3c(c2)B2c4ccc(-c5cc(-c6ccccc6)cc(-c6ccccc6)c5)cc4N(c4c(-c5cccc6oc7ccccc7c56)cc(C(C)(C)C)cc4-c4cccc5oc6ccccc6c45)c4cc(C(C)(C)C)cc(c42)N3c2c(-c3cccc4sc5ccccc5c34)cc(C(C)(C)C)cc2-c2cccc3sc4ccccc4c23)c1. The number of thiophene rings is 2. The van der Waals surface area contributed by atoms with Gasteiger partial charge in [0.25, 0.3) is 6.71 Å². The average molecular weight is 1680 g/mol. The van der Waals surface area contributed by atoms with Crippen LogP contribution in [0.15, 0.2) is 379 Å². The minimum Gasteiger partial charge on any atom is -0.456 e. The molecule has 24 rings (SSSR count). The fourth-order valence-electron chi connectivity index (χ4n) is 20.7. The predicted molar refractivity (Wildman–Crippen MR) is 551 cm³/mol. The zero-order valence-corrected chi connectivity index (χ0v) is 74.5. The highest BCUT2D eigenvalue weighted by Crippen LogP contribution is 2.59. The zero-order chi connectivity index (χ0) is 88.8. The van der Waals surface area contributed by atoms with Crippen molar-refractivity contribution >= 4 is 164 Å². The van der Waals surface area contributed by atoms with E-state index in [0.717, 1.165) is 206 Å². The molecule has 2 aliphatic heterocycles. The van der Waals surface area contributed by atoms with Crippen LogP contribution in [-0.4, -0.2) is 6.71 Å². The minimum absolute atomic E-state index is 0.272. The first-order valence-electron chi connectivity index (χ1n) is 46.0. The van der Waals surface area contributed by atoms with Gasteiger partial charge in [-0.3, -0.25) is 0 Å². The van der Waals surface area contributed by atoms with Crippen molar-refractivity contribution < 1.29 is 12.9 Å². The number of nitrogens with zero attached hydrogens (tertiary/aromatic N) is 2. The van der Waals surface area contributed by atoms with Crippen LogP contribution in [0.4, 0.5) is 34.1 Å². The second-order valence-corrected chi connectivity index (χ2v) is 40.1. The van der Waals surface area contributed by atoms with E-state index in [9.17, 15) is 4.11 Å². The Hall–Kier alpha value is -14.3.